The first kappa shape index (κ1) is 15.1. The molecule has 0 N–H and O–H groups in total. The minimum Gasteiger partial charge on any atom is -0.371 e. The van der Waals surface area contributed by atoms with Gasteiger partial charge in [-0.25, -0.2) is 0 Å². The van der Waals surface area contributed by atoms with E-state index in [0.717, 1.165) is 29.5 Å². The first-order chi connectivity index (χ1) is 11.2. The molecular weight excluding hydrogens is 314 g/mol. The maximum Gasteiger partial charge on any atom is 0.243 e. The zero-order valence-electron chi connectivity index (χ0n) is 13.1. The third-order valence-corrected chi connectivity index (χ3v) is 4.90. The molecule has 5 nitrogen and oxygen atoms in total. The van der Waals surface area contributed by atoms with Gasteiger partial charge in [0.05, 0.1) is 18.8 Å². The molecule has 122 valence electrons. The molecule has 1 aromatic heterocycles. The summed E-state index contributed by atoms with van der Waals surface area (Å²) in [5, 5.41) is 4.87. The Morgan fingerprint density at radius 1 is 1.26 bits per heavy atom. The smallest absolute Gasteiger partial charge is 0.243 e. The number of nitrogens with zero attached hydrogens (tertiary/aromatic N) is 3. The van der Waals surface area contributed by atoms with Crippen molar-refractivity contribution in [3.05, 3.63) is 46.6 Å². The predicted molar refractivity (Wildman–Crippen MR) is 86.4 cm³/mol. The van der Waals surface area contributed by atoms with Gasteiger partial charge in [-0.1, -0.05) is 28.9 Å². The summed E-state index contributed by atoms with van der Waals surface area (Å²) >= 11 is 5.96. The van der Waals surface area contributed by atoms with Gasteiger partial charge in [-0.2, -0.15) is 4.98 Å². The number of ether oxygens (including phenoxy) is 1. The molecule has 4 rings (SSSR count). The summed E-state index contributed by atoms with van der Waals surface area (Å²) in [6.07, 6.45) is 2.42. The molecule has 2 aliphatic rings. The summed E-state index contributed by atoms with van der Waals surface area (Å²) in [4.78, 5) is 6.92. The monoisotopic (exact) mass is 333 g/mol. The molecule has 1 saturated carbocycles. The molecule has 1 saturated heterocycles. The van der Waals surface area contributed by atoms with Crippen LogP contribution in [0, 0.1) is 0 Å². The van der Waals surface area contributed by atoms with E-state index >= 15 is 0 Å². The van der Waals surface area contributed by atoms with Crippen LogP contribution >= 0.6 is 11.6 Å². The van der Waals surface area contributed by atoms with Gasteiger partial charge in [-0.3, -0.25) is 4.90 Å². The van der Waals surface area contributed by atoms with E-state index in [1.165, 1.54) is 12.8 Å². The van der Waals surface area contributed by atoms with Crippen LogP contribution in [0.1, 0.15) is 55.1 Å². The highest BCUT2D eigenvalue weighted by Crippen LogP contribution is 2.39. The molecular formula is C17H20ClN3O2. The molecule has 0 amide bonds. The van der Waals surface area contributed by atoms with Crippen LogP contribution in [0.25, 0.3) is 0 Å². The summed E-state index contributed by atoms with van der Waals surface area (Å²) in [5.41, 5.74) is 1.15. The molecule has 2 aromatic rings. The van der Waals surface area contributed by atoms with E-state index < -0.39 is 0 Å². The van der Waals surface area contributed by atoms with Gasteiger partial charge in [0.25, 0.3) is 0 Å². The highest BCUT2D eigenvalue weighted by atomic mass is 35.5. The number of hydrogen-bond donors (Lipinski definition) is 0. The lowest BCUT2D eigenvalue weighted by Gasteiger charge is -2.35. The molecule has 1 aliphatic carbocycles. The van der Waals surface area contributed by atoms with E-state index in [4.69, 9.17) is 20.9 Å². The molecule has 2 fully saturated rings. The van der Waals surface area contributed by atoms with Gasteiger partial charge in [0, 0.05) is 24.0 Å². The van der Waals surface area contributed by atoms with Crippen LogP contribution in [0.5, 0.6) is 0 Å². The molecule has 0 radical (unpaired) electrons. The van der Waals surface area contributed by atoms with E-state index in [9.17, 15) is 0 Å². The van der Waals surface area contributed by atoms with Gasteiger partial charge in [-0.05, 0) is 37.5 Å². The van der Waals surface area contributed by atoms with Crippen LogP contribution in [0.4, 0.5) is 0 Å². The van der Waals surface area contributed by atoms with Crippen LogP contribution in [-0.2, 0) is 4.74 Å². The SMILES string of the molecule is C[C@@H](c1nc(C2CC2)no1)N1CCO[C@H](c2ccc(Cl)cc2)C1. The Labute approximate surface area is 140 Å². The molecule has 1 aliphatic heterocycles. The number of rotatable bonds is 4. The van der Waals surface area contributed by atoms with Gasteiger partial charge in [0.1, 0.15) is 0 Å². The molecule has 2 heterocycles. The Bertz CT molecular complexity index is 669. The Kier molecular flexibility index (Phi) is 4.09. The van der Waals surface area contributed by atoms with Crippen LogP contribution < -0.4 is 0 Å². The molecule has 23 heavy (non-hydrogen) atoms. The summed E-state index contributed by atoms with van der Waals surface area (Å²) in [6.45, 7) is 4.49. The fraction of sp³-hybridized carbons (Fsp3) is 0.529. The van der Waals surface area contributed by atoms with Gasteiger partial charge in [-0.15, -0.1) is 0 Å². The van der Waals surface area contributed by atoms with Crippen molar-refractivity contribution in [2.45, 2.75) is 37.8 Å². The number of aromatic nitrogens is 2. The lowest BCUT2D eigenvalue weighted by molar-refractivity contribution is -0.0469. The van der Waals surface area contributed by atoms with Crippen molar-refractivity contribution in [1.29, 1.82) is 0 Å². The van der Waals surface area contributed by atoms with Crippen molar-refractivity contribution in [3.63, 3.8) is 0 Å². The summed E-state index contributed by atoms with van der Waals surface area (Å²) in [6, 6.07) is 7.97. The van der Waals surface area contributed by atoms with Gasteiger partial charge >= 0.3 is 0 Å². The number of benzene rings is 1. The van der Waals surface area contributed by atoms with Crippen molar-refractivity contribution in [1.82, 2.24) is 15.0 Å². The van der Waals surface area contributed by atoms with E-state index in [1.807, 2.05) is 24.3 Å². The van der Waals surface area contributed by atoms with E-state index in [1.54, 1.807) is 0 Å². The van der Waals surface area contributed by atoms with Crippen molar-refractivity contribution in [3.8, 4) is 0 Å². The Hall–Kier alpha value is -1.43. The van der Waals surface area contributed by atoms with Crippen LogP contribution in [-0.4, -0.2) is 34.7 Å². The minimum absolute atomic E-state index is 0.0503. The van der Waals surface area contributed by atoms with Crippen LogP contribution in [0.15, 0.2) is 28.8 Å². The minimum atomic E-state index is 0.0503. The quantitative estimate of drug-likeness (QED) is 0.853. The van der Waals surface area contributed by atoms with Crippen molar-refractivity contribution in [2.24, 2.45) is 0 Å². The summed E-state index contributed by atoms with van der Waals surface area (Å²) in [5.74, 6) is 2.10. The number of morpholine rings is 1. The molecule has 1 aromatic carbocycles. The second-order valence-corrected chi connectivity index (χ2v) is 6.78. The number of hydrogen-bond acceptors (Lipinski definition) is 5. The van der Waals surface area contributed by atoms with Gasteiger partial charge in [0.2, 0.25) is 5.89 Å². The standard InChI is InChI=1S/C17H20ClN3O2/c1-11(17-19-16(20-23-17)13-2-3-13)21-8-9-22-15(10-21)12-4-6-14(18)7-5-12/h4-7,11,13,15H,2-3,8-10H2,1H3/t11-,15-/m0/s1. The fourth-order valence-electron chi connectivity index (χ4n) is 2.98. The van der Waals surface area contributed by atoms with Crippen molar-refractivity contribution >= 4 is 11.6 Å². The lowest BCUT2D eigenvalue weighted by Crippen LogP contribution is -2.40. The zero-order chi connectivity index (χ0) is 15.8. The fourth-order valence-corrected chi connectivity index (χ4v) is 3.11. The van der Waals surface area contributed by atoms with Crippen molar-refractivity contribution in [2.75, 3.05) is 19.7 Å². The third kappa shape index (κ3) is 3.27. The van der Waals surface area contributed by atoms with Crippen LogP contribution in [0.2, 0.25) is 5.02 Å². The highest BCUT2D eigenvalue weighted by molar-refractivity contribution is 6.30. The third-order valence-electron chi connectivity index (χ3n) is 4.64. The average molecular weight is 334 g/mol. The normalized spacial score (nSPS) is 23.8. The van der Waals surface area contributed by atoms with E-state index in [0.29, 0.717) is 18.4 Å². The largest absolute Gasteiger partial charge is 0.371 e. The highest BCUT2D eigenvalue weighted by Gasteiger charge is 2.32. The Balaban J connectivity index is 1.46. The summed E-state index contributed by atoms with van der Waals surface area (Å²) < 4.78 is 11.4. The maximum absolute atomic E-state index is 5.96. The zero-order valence-corrected chi connectivity index (χ0v) is 13.9. The Morgan fingerprint density at radius 3 is 2.78 bits per heavy atom. The molecule has 6 heteroatoms. The second kappa shape index (κ2) is 6.23. The first-order valence-corrected chi connectivity index (χ1v) is 8.53. The van der Waals surface area contributed by atoms with Gasteiger partial charge in [0.15, 0.2) is 5.82 Å². The topological polar surface area (TPSA) is 51.4 Å². The first-order valence-electron chi connectivity index (χ1n) is 8.15. The van der Waals surface area contributed by atoms with Crippen LogP contribution in [0.3, 0.4) is 0 Å². The predicted octanol–water partition coefficient (Wildman–Crippen LogP) is 3.73. The maximum atomic E-state index is 5.96. The second-order valence-electron chi connectivity index (χ2n) is 6.35. The Morgan fingerprint density at radius 2 is 2.04 bits per heavy atom. The average Bonchev–Trinajstić information content (AvgIpc) is 3.32. The van der Waals surface area contributed by atoms with Gasteiger partial charge < -0.3 is 9.26 Å². The number of halogens is 1. The molecule has 0 spiro atoms. The van der Waals surface area contributed by atoms with Crippen molar-refractivity contribution < 1.29 is 9.26 Å². The molecule has 2 atom stereocenters. The summed E-state index contributed by atoms with van der Waals surface area (Å²) in [7, 11) is 0. The molecule has 0 bridgehead atoms. The lowest BCUT2D eigenvalue weighted by atomic mass is 10.1. The van der Waals surface area contributed by atoms with E-state index in [2.05, 4.69) is 22.0 Å². The van der Waals surface area contributed by atoms with E-state index in [-0.39, 0.29) is 12.1 Å². The molecule has 0 unspecified atom stereocenters.